The van der Waals surface area contributed by atoms with Crippen LogP contribution in [0, 0.1) is 17.7 Å². The number of Topliss-reactive ketones (excluding diaryl/α,β-unsaturated/α-hetero) is 1. The molecule has 0 unspecified atom stereocenters. The zero-order valence-corrected chi connectivity index (χ0v) is 21.7. The highest BCUT2D eigenvalue weighted by atomic mass is 35.5. The molecule has 1 aliphatic heterocycles. The number of likely N-dealkylation sites (tertiary alicyclic amines) is 1. The Kier molecular flexibility index (Phi) is 6.80. The van der Waals surface area contributed by atoms with E-state index in [1.54, 1.807) is 12.3 Å². The van der Waals surface area contributed by atoms with E-state index in [9.17, 15) is 14.3 Å². The van der Waals surface area contributed by atoms with Gasteiger partial charge in [-0.15, -0.1) is 0 Å². The summed E-state index contributed by atoms with van der Waals surface area (Å²) in [5.74, 6) is -0.318. The molecule has 3 aromatic rings. The Hall–Kier alpha value is -2.70. The van der Waals surface area contributed by atoms with Gasteiger partial charge in [-0.1, -0.05) is 17.7 Å². The minimum atomic E-state index is -0.762. The maximum Gasteiger partial charge on any atom is 0.170 e. The van der Waals surface area contributed by atoms with Crippen molar-refractivity contribution in [2.45, 2.75) is 57.4 Å². The number of carbonyl (C=O) groups is 1. The second-order valence-electron chi connectivity index (χ2n) is 11.1. The van der Waals surface area contributed by atoms with Crippen LogP contribution in [0.25, 0.3) is 22.0 Å². The number of nitrogens with zero attached hydrogens (tertiary/aromatic N) is 2. The molecule has 5 nitrogen and oxygen atoms in total. The molecule has 1 saturated heterocycles. The van der Waals surface area contributed by atoms with Gasteiger partial charge in [-0.3, -0.25) is 9.78 Å². The maximum atomic E-state index is 14.2. The summed E-state index contributed by atoms with van der Waals surface area (Å²) in [6, 6.07) is 8.86. The molecule has 2 saturated carbocycles. The van der Waals surface area contributed by atoms with Crippen LogP contribution >= 0.6 is 11.6 Å². The van der Waals surface area contributed by atoms with Gasteiger partial charge in [0.1, 0.15) is 0 Å². The smallest absolute Gasteiger partial charge is 0.170 e. The molecule has 0 atom stereocenters. The molecule has 2 aliphatic carbocycles. The van der Waals surface area contributed by atoms with E-state index >= 15 is 0 Å². The number of halogens is 2. The number of benzene rings is 2. The normalized spacial score (nSPS) is 22.4. The summed E-state index contributed by atoms with van der Waals surface area (Å²) in [6.45, 7) is 3.70. The topological polar surface area (TPSA) is 65.5 Å². The number of hydrogen-bond acceptors (Lipinski definition) is 5. The SMILES string of the molecule is O=C(c1cnc2ccc(-c3cc(F)c(O)c(Cl)c3)cc2c1NC1CCC(CN2CCCC2)CC1)C1CC1. The van der Waals surface area contributed by atoms with Crippen molar-refractivity contribution in [2.24, 2.45) is 11.8 Å². The van der Waals surface area contributed by atoms with Crippen LogP contribution in [0.2, 0.25) is 5.02 Å². The highest BCUT2D eigenvalue weighted by molar-refractivity contribution is 6.32. The van der Waals surface area contributed by atoms with Gasteiger partial charge in [0.2, 0.25) is 0 Å². The second kappa shape index (κ2) is 10.2. The Morgan fingerprint density at radius 1 is 1.05 bits per heavy atom. The second-order valence-corrected chi connectivity index (χ2v) is 11.5. The van der Waals surface area contributed by atoms with Crippen LogP contribution < -0.4 is 5.32 Å². The number of rotatable bonds is 7. The quantitative estimate of drug-likeness (QED) is 0.326. The first-order valence-electron chi connectivity index (χ1n) is 13.6. The van der Waals surface area contributed by atoms with Gasteiger partial charge in [0.05, 0.1) is 21.8 Å². The zero-order chi connectivity index (χ0) is 25.5. The summed E-state index contributed by atoms with van der Waals surface area (Å²) in [5, 5.41) is 14.4. The summed E-state index contributed by atoms with van der Waals surface area (Å²) in [5.41, 5.74) is 3.60. The monoisotopic (exact) mass is 521 g/mol. The van der Waals surface area contributed by atoms with Crippen LogP contribution in [0.4, 0.5) is 10.1 Å². The van der Waals surface area contributed by atoms with E-state index in [-0.39, 0.29) is 16.7 Å². The molecule has 194 valence electrons. The van der Waals surface area contributed by atoms with Gasteiger partial charge >= 0.3 is 0 Å². The van der Waals surface area contributed by atoms with Crippen molar-refractivity contribution in [3.05, 3.63) is 52.9 Å². The largest absolute Gasteiger partial charge is 0.504 e. The Balaban J connectivity index is 1.31. The number of nitrogens with one attached hydrogen (secondary N) is 1. The van der Waals surface area contributed by atoms with Crippen LogP contribution in [0.1, 0.15) is 61.7 Å². The minimum Gasteiger partial charge on any atom is -0.504 e. The number of fused-ring (bicyclic) bond motifs is 1. The number of hydrogen-bond donors (Lipinski definition) is 2. The van der Waals surface area contributed by atoms with Gasteiger partial charge in [-0.05, 0) is 106 Å². The third-order valence-electron chi connectivity index (χ3n) is 8.34. The van der Waals surface area contributed by atoms with Gasteiger partial charge in [0, 0.05) is 30.1 Å². The van der Waals surface area contributed by atoms with Crippen LogP contribution in [0.5, 0.6) is 5.75 Å². The zero-order valence-electron chi connectivity index (χ0n) is 21.0. The molecule has 0 amide bonds. The lowest BCUT2D eigenvalue weighted by Gasteiger charge is -2.32. The molecule has 2 N–H and O–H groups in total. The molecule has 0 spiro atoms. The molecule has 7 heteroatoms. The fourth-order valence-corrected chi connectivity index (χ4v) is 6.24. The molecule has 3 fully saturated rings. The van der Waals surface area contributed by atoms with Crippen molar-refractivity contribution in [3.8, 4) is 16.9 Å². The fraction of sp³-hybridized carbons (Fsp3) is 0.467. The van der Waals surface area contributed by atoms with Crippen LogP contribution in [0.3, 0.4) is 0 Å². The molecule has 2 heterocycles. The van der Waals surface area contributed by atoms with Gasteiger partial charge in [0.15, 0.2) is 17.3 Å². The Labute approximate surface area is 222 Å². The van der Waals surface area contributed by atoms with Crippen molar-refractivity contribution >= 4 is 34.0 Å². The summed E-state index contributed by atoms with van der Waals surface area (Å²) >= 11 is 6.06. The first kappa shape index (κ1) is 24.6. The average molecular weight is 522 g/mol. The summed E-state index contributed by atoms with van der Waals surface area (Å²) in [6.07, 6.45) is 10.8. The standard InChI is InChI=1S/C30H33ClFN3O2/c31-25-14-21(15-26(32)30(25)37)20-7-10-27-23(13-20)28(24(16-33-27)29(36)19-5-6-19)34-22-8-3-18(4-9-22)17-35-11-1-2-12-35/h7,10,13-16,18-19,22,37H,1-6,8-9,11-12,17H2,(H,33,34). The molecule has 6 rings (SSSR count). The third-order valence-corrected chi connectivity index (χ3v) is 8.63. The van der Waals surface area contributed by atoms with Crippen molar-refractivity contribution < 1.29 is 14.3 Å². The van der Waals surface area contributed by atoms with Crippen molar-refractivity contribution in [3.63, 3.8) is 0 Å². The number of anilines is 1. The Bertz CT molecular complexity index is 1300. The molecule has 37 heavy (non-hydrogen) atoms. The summed E-state index contributed by atoms with van der Waals surface area (Å²) in [7, 11) is 0. The van der Waals surface area contributed by atoms with E-state index in [2.05, 4.69) is 15.2 Å². The van der Waals surface area contributed by atoms with Crippen LogP contribution in [-0.2, 0) is 0 Å². The van der Waals surface area contributed by atoms with Crippen molar-refractivity contribution in [1.29, 1.82) is 0 Å². The van der Waals surface area contributed by atoms with Gasteiger partial charge in [-0.2, -0.15) is 0 Å². The highest BCUT2D eigenvalue weighted by Gasteiger charge is 2.33. The van der Waals surface area contributed by atoms with E-state index in [0.717, 1.165) is 53.8 Å². The van der Waals surface area contributed by atoms with E-state index in [1.807, 2.05) is 18.2 Å². The number of aromatic hydroxyl groups is 1. The number of phenolic OH excluding ortho intramolecular Hbond substituents is 1. The first-order valence-corrected chi connectivity index (χ1v) is 14.0. The Morgan fingerprint density at radius 3 is 2.51 bits per heavy atom. The molecule has 0 bridgehead atoms. The van der Waals surface area contributed by atoms with E-state index in [0.29, 0.717) is 17.2 Å². The lowest BCUT2D eigenvalue weighted by molar-refractivity contribution is 0.0968. The Morgan fingerprint density at radius 2 is 1.81 bits per heavy atom. The number of pyridine rings is 1. The maximum absolute atomic E-state index is 14.2. The van der Waals surface area contributed by atoms with Crippen LogP contribution in [-0.4, -0.2) is 46.4 Å². The van der Waals surface area contributed by atoms with E-state index in [4.69, 9.17) is 11.6 Å². The van der Waals surface area contributed by atoms with Crippen molar-refractivity contribution in [2.75, 3.05) is 25.0 Å². The van der Waals surface area contributed by atoms with E-state index in [1.165, 1.54) is 51.4 Å². The molecule has 0 radical (unpaired) electrons. The number of phenols is 1. The minimum absolute atomic E-state index is 0.0325. The number of ketones is 1. The highest BCUT2D eigenvalue weighted by Crippen LogP contribution is 2.40. The predicted octanol–water partition coefficient (Wildman–Crippen LogP) is 7.06. The fourth-order valence-electron chi connectivity index (χ4n) is 6.04. The molecule has 2 aromatic carbocycles. The third kappa shape index (κ3) is 5.19. The molecular formula is C30H33ClFN3O2. The van der Waals surface area contributed by atoms with Gasteiger partial charge in [0.25, 0.3) is 0 Å². The predicted molar refractivity (Wildman–Crippen MR) is 146 cm³/mol. The summed E-state index contributed by atoms with van der Waals surface area (Å²) < 4.78 is 14.2. The molecule has 1 aromatic heterocycles. The van der Waals surface area contributed by atoms with Crippen LogP contribution in [0.15, 0.2) is 36.5 Å². The average Bonchev–Trinajstić information content (AvgIpc) is 3.64. The van der Waals surface area contributed by atoms with E-state index < -0.39 is 11.6 Å². The molecule has 3 aliphatic rings. The first-order chi connectivity index (χ1) is 18.0. The molecular weight excluding hydrogens is 489 g/mol. The lowest BCUT2D eigenvalue weighted by atomic mass is 9.85. The van der Waals surface area contributed by atoms with Crippen molar-refractivity contribution in [1.82, 2.24) is 9.88 Å². The van der Waals surface area contributed by atoms with Gasteiger partial charge in [-0.25, -0.2) is 4.39 Å². The number of carbonyl (C=O) groups excluding carboxylic acids is 1. The lowest BCUT2D eigenvalue weighted by Crippen LogP contribution is -2.33. The number of aromatic nitrogens is 1. The van der Waals surface area contributed by atoms with Gasteiger partial charge < -0.3 is 15.3 Å². The summed E-state index contributed by atoms with van der Waals surface area (Å²) in [4.78, 5) is 20.5.